The molecule has 172 valence electrons. The Morgan fingerprint density at radius 2 is 1.74 bits per heavy atom. The number of unbranched alkanes of at least 4 members (excludes halogenated alkanes) is 1. The number of pyridine rings is 1. The standard InChI is InChI=1S/C29H29N3O2/c1-4-5-17-32-24-16-10-14-22-21-13-8-9-15-23(21)31-26(25(22)24)29(3,28(32)34)18-30-27(33)20-12-7-6-11-19(20)2/h6-16H,4-5,17-18H2,1-3H3,(H,30,33). The summed E-state index contributed by atoms with van der Waals surface area (Å²) in [5, 5.41) is 6.21. The molecular weight excluding hydrogens is 422 g/mol. The molecular formula is C29H29N3O2. The van der Waals surface area contributed by atoms with Crippen molar-refractivity contribution in [2.75, 3.05) is 18.0 Å². The van der Waals surface area contributed by atoms with Gasteiger partial charge in [0, 0.05) is 29.4 Å². The molecule has 5 heteroatoms. The molecule has 0 saturated heterocycles. The highest BCUT2D eigenvalue weighted by Crippen LogP contribution is 2.44. The number of para-hydroxylation sites is 1. The van der Waals surface area contributed by atoms with Crippen LogP contribution in [0.4, 0.5) is 5.69 Å². The van der Waals surface area contributed by atoms with Crippen LogP contribution in [0.5, 0.6) is 0 Å². The number of aryl methyl sites for hydroxylation is 1. The lowest BCUT2D eigenvalue weighted by Gasteiger charge is -2.40. The number of carbonyl (C=O) groups is 2. The molecule has 1 aromatic heterocycles. The Morgan fingerprint density at radius 3 is 2.53 bits per heavy atom. The van der Waals surface area contributed by atoms with E-state index >= 15 is 0 Å². The van der Waals surface area contributed by atoms with Gasteiger partial charge in [0.25, 0.3) is 5.91 Å². The summed E-state index contributed by atoms with van der Waals surface area (Å²) in [6.45, 7) is 6.77. The van der Waals surface area contributed by atoms with Crippen molar-refractivity contribution in [2.24, 2.45) is 0 Å². The van der Waals surface area contributed by atoms with Crippen molar-refractivity contribution in [1.29, 1.82) is 0 Å². The molecule has 1 atom stereocenters. The van der Waals surface area contributed by atoms with Gasteiger partial charge in [-0.15, -0.1) is 0 Å². The van der Waals surface area contributed by atoms with E-state index in [2.05, 4.69) is 24.4 Å². The van der Waals surface area contributed by atoms with E-state index in [-0.39, 0.29) is 18.4 Å². The third kappa shape index (κ3) is 3.43. The van der Waals surface area contributed by atoms with Crippen LogP contribution >= 0.6 is 0 Å². The fourth-order valence-electron chi connectivity index (χ4n) is 5.00. The molecule has 0 aliphatic carbocycles. The van der Waals surface area contributed by atoms with Gasteiger partial charge in [-0.2, -0.15) is 0 Å². The Morgan fingerprint density at radius 1 is 1.00 bits per heavy atom. The van der Waals surface area contributed by atoms with Crippen LogP contribution in [0.25, 0.3) is 21.7 Å². The predicted molar refractivity (Wildman–Crippen MR) is 137 cm³/mol. The minimum Gasteiger partial charge on any atom is -0.351 e. The fourth-order valence-corrected chi connectivity index (χ4v) is 5.00. The molecule has 1 unspecified atom stereocenters. The topological polar surface area (TPSA) is 62.3 Å². The second-order valence-electron chi connectivity index (χ2n) is 9.32. The molecule has 5 rings (SSSR count). The number of nitrogens with one attached hydrogen (secondary N) is 1. The number of amides is 2. The number of anilines is 1. The number of nitrogens with zero attached hydrogens (tertiary/aromatic N) is 2. The van der Waals surface area contributed by atoms with Crippen molar-refractivity contribution in [2.45, 2.75) is 39.0 Å². The lowest BCUT2D eigenvalue weighted by Crippen LogP contribution is -2.54. The summed E-state index contributed by atoms with van der Waals surface area (Å²) in [4.78, 5) is 34.0. The van der Waals surface area contributed by atoms with Crippen LogP contribution in [0, 0.1) is 6.92 Å². The molecule has 4 aromatic rings. The molecule has 0 spiro atoms. The summed E-state index contributed by atoms with van der Waals surface area (Å²) in [6.07, 6.45) is 1.90. The molecule has 0 bridgehead atoms. The molecule has 5 nitrogen and oxygen atoms in total. The lowest BCUT2D eigenvalue weighted by molar-refractivity contribution is -0.123. The first-order valence-corrected chi connectivity index (χ1v) is 11.9. The van der Waals surface area contributed by atoms with Crippen LogP contribution in [0.3, 0.4) is 0 Å². The highest BCUT2D eigenvalue weighted by Gasteiger charge is 2.46. The van der Waals surface area contributed by atoms with Crippen LogP contribution in [-0.2, 0) is 10.2 Å². The molecule has 2 amide bonds. The SMILES string of the molecule is CCCCN1C(=O)C(C)(CNC(=O)c2ccccc2C)c2nc3ccccc3c3cccc1c23. The first kappa shape index (κ1) is 22.1. The summed E-state index contributed by atoms with van der Waals surface area (Å²) in [5.41, 5.74) is 3.04. The molecule has 1 N–H and O–H groups in total. The van der Waals surface area contributed by atoms with Crippen molar-refractivity contribution in [3.63, 3.8) is 0 Å². The van der Waals surface area contributed by atoms with Crippen molar-refractivity contribution in [1.82, 2.24) is 10.3 Å². The molecule has 34 heavy (non-hydrogen) atoms. The fraction of sp³-hybridized carbons (Fsp3) is 0.276. The predicted octanol–water partition coefficient (Wildman–Crippen LogP) is 5.53. The van der Waals surface area contributed by atoms with E-state index in [0.717, 1.165) is 51.5 Å². The Labute approximate surface area is 199 Å². The van der Waals surface area contributed by atoms with E-state index in [0.29, 0.717) is 12.1 Å². The number of rotatable bonds is 6. The van der Waals surface area contributed by atoms with Gasteiger partial charge in [0.1, 0.15) is 5.41 Å². The second-order valence-corrected chi connectivity index (χ2v) is 9.32. The third-order valence-corrected chi connectivity index (χ3v) is 6.96. The van der Waals surface area contributed by atoms with E-state index in [4.69, 9.17) is 4.98 Å². The van der Waals surface area contributed by atoms with Crippen LogP contribution in [0.2, 0.25) is 0 Å². The number of carbonyl (C=O) groups excluding carboxylic acids is 2. The van der Waals surface area contributed by atoms with Crippen molar-refractivity contribution >= 4 is 39.2 Å². The zero-order valence-electron chi connectivity index (χ0n) is 19.9. The monoisotopic (exact) mass is 451 g/mol. The Bertz CT molecular complexity index is 1430. The van der Waals surface area contributed by atoms with Gasteiger partial charge in [-0.25, -0.2) is 0 Å². The van der Waals surface area contributed by atoms with E-state index < -0.39 is 5.41 Å². The molecule has 1 aliphatic rings. The molecule has 0 saturated carbocycles. The number of hydrogen-bond donors (Lipinski definition) is 1. The quantitative estimate of drug-likeness (QED) is 0.392. The summed E-state index contributed by atoms with van der Waals surface area (Å²) in [7, 11) is 0. The van der Waals surface area contributed by atoms with Crippen LogP contribution in [-0.4, -0.2) is 29.9 Å². The Balaban J connectivity index is 1.66. The van der Waals surface area contributed by atoms with Gasteiger partial charge in [-0.05, 0) is 49.4 Å². The zero-order chi connectivity index (χ0) is 23.9. The van der Waals surface area contributed by atoms with Crippen LogP contribution in [0.15, 0.2) is 66.7 Å². The van der Waals surface area contributed by atoms with Gasteiger partial charge >= 0.3 is 0 Å². The van der Waals surface area contributed by atoms with E-state index in [1.54, 1.807) is 0 Å². The Hall–Kier alpha value is -3.73. The van der Waals surface area contributed by atoms with Crippen LogP contribution in [0.1, 0.15) is 48.3 Å². The van der Waals surface area contributed by atoms with Crippen molar-refractivity contribution < 1.29 is 9.59 Å². The molecule has 0 radical (unpaired) electrons. The number of aromatic nitrogens is 1. The maximum absolute atomic E-state index is 14.0. The average Bonchev–Trinajstić information content (AvgIpc) is 2.86. The van der Waals surface area contributed by atoms with E-state index in [1.807, 2.05) is 73.3 Å². The normalized spacial score (nSPS) is 17.4. The zero-order valence-corrected chi connectivity index (χ0v) is 19.9. The minimum atomic E-state index is -0.983. The van der Waals surface area contributed by atoms with Crippen LogP contribution < -0.4 is 10.2 Å². The minimum absolute atomic E-state index is 0.0196. The molecule has 2 heterocycles. The largest absolute Gasteiger partial charge is 0.351 e. The summed E-state index contributed by atoms with van der Waals surface area (Å²) < 4.78 is 0. The second kappa shape index (κ2) is 8.56. The first-order valence-electron chi connectivity index (χ1n) is 11.9. The maximum Gasteiger partial charge on any atom is 0.251 e. The van der Waals surface area contributed by atoms with E-state index in [1.165, 1.54) is 0 Å². The first-order chi connectivity index (χ1) is 16.5. The van der Waals surface area contributed by atoms with Crippen molar-refractivity contribution in [3.8, 4) is 0 Å². The van der Waals surface area contributed by atoms with Gasteiger partial charge in [0.05, 0.1) is 16.9 Å². The third-order valence-electron chi connectivity index (χ3n) is 6.96. The van der Waals surface area contributed by atoms with Gasteiger partial charge < -0.3 is 10.2 Å². The van der Waals surface area contributed by atoms with Gasteiger partial charge in [-0.3, -0.25) is 14.6 Å². The molecule has 3 aromatic carbocycles. The highest BCUT2D eigenvalue weighted by molar-refractivity contribution is 6.19. The average molecular weight is 452 g/mol. The van der Waals surface area contributed by atoms with Gasteiger partial charge in [0.2, 0.25) is 5.91 Å². The summed E-state index contributed by atoms with van der Waals surface area (Å²) >= 11 is 0. The van der Waals surface area contributed by atoms with Gasteiger partial charge in [0.15, 0.2) is 0 Å². The Kier molecular flexibility index (Phi) is 5.56. The number of fused-ring (bicyclic) bond motifs is 2. The summed E-state index contributed by atoms with van der Waals surface area (Å²) in [6, 6.07) is 21.7. The van der Waals surface area contributed by atoms with E-state index in [9.17, 15) is 9.59 Å². The smallest absolute Gasteiger partial charge is 0.251 e. The molecule has 1 aliphatic heterocycles. The molecule has 0 fully saturated rings. The number of hydrogen-bond acceptors (Lipinski definition) is 3. The van der Waals surface area contributed by atoms with Crippen molar-refractivity contribution in [3.05, 3.63) is 83.6 Å². The maximum atomic E-state index is 14.0. The summed E-state index contributed by atoms with van der Waals surface area (Å²) in [5.74, 6) is -0.197. The highest BCUT2D eigenvalue weighted by atomic mass is 16.2. The number of benzene rings is 3. The van der Waals surface area contributed by atoms with Gasteiger partial charge in [-0.1, -0.05) is 61.9 Å². The lowest BCUT2D eigenvalue weighted by atomic mass is 9.78.